The first-order valence-electron chi connectivity index (χ1n) is 6.97. The maximum absolute atomic E-state index is 11.9. The molecule has 1 aromatic heterocycles. The van der Waals surface area contributed by atoms with Crippen LogP contribution in [0, 0.1) is 5.92 Å². The highest BCUT2D eigenvalue weighted by atomic mass is 16.2. The van der Waals surface area contributed by atoms with Crippen LogP contribution >= 0.6 is 0 Å². The monoisotopic (exact) mass is 265 g/mol. The topological polar surface area (TPSA) is 47.2 Å². The van der Waals surface area contributed by atoms with Gasteiger partial charge in [0, 0.05) is 32.4 Å². The second-order valence-corrected chi connectivity index (χ2v) is 5.69. The van der Waals surface area contributed by atoms with Crippen molar-refractivity contribution in [3.05, 3.63) is 32.6 Å². The zero-order valence-corrected chi connectivity index (χ0v) is 12.1. The van der Waals surface area contributed by atoms with Crippen LogP contribution < -0.4 is 11.2 Å². The molecule has 0 radical (unpaired) electrons. The summed E-state index contributed by atoms with van der Waals surface area (Å²) in [5, 5.41) is 0. The van der Waals surface area contributed by atoms with Gasteiger partial charge in [0.15, 0.2) is 0 Å². The van der Waals surface area contributed by atoms with Gasteiger partial charge in [0.25, 0.3) is 5.56 Å². The molecule has 1 aliphatic rings. The Labute approximate surface area is 113 Å². The Kier molecular flexibility index (Phi) is 4.24. The summed E-state index contributed by atoms with van der Waals surface area (Å²) in [7, 11) is 3.25. The Bertz CT molecular complexity index is 559. The lowest BCUT2D eigenvalue weighted by molar-refractivity contribution is 0.265. The van der Waals surface area contributed by atoms with Crippen molar-refractivity contribution in [3.63, 3.8) is 0 Å². The van der Waals surface area contributed by atoms with E-state index >= 15 is 0 Å². The van der Waals surface area contributed by atoms with E-state index in [0.717, 1.165) is 29.3 Å². The first kappa shape index (κ1) is 14.1. The fourth-order valence-electron chi connectivity index (χ4n) is 2.64. The number of hydrogen-bond acceptors (Lipinski definition) is 3. The fourth-order valence-corrected chi connectivity index (χ4v) is 2.64. The van der Waals surface area contributed by atoms with Crippen molar-refractivity contribution in [2.24, 2.45) is 20.0 Å². The van der Waals surface area contributed by atoms with E-state index in [9.17, 15) is 9.59 Å². The molecular weight excluding hydrogens is 242 g/mol. The predicted octanol–water partition coefficient (Wildman–Crippen LogP) is 0.706. The summed E-state index contributed by atoms with van der Waals surface area (Å²) in [5.41, 5.74) is 0.342. The molecule has 1 aliphatic heterocycles. The minimum absolute atomic E-state index is 0.221. The lowest BCUT2D eigenvalue weighted by Crippen LogP contribution is -2.39. The third-order valence-electron chi connectivity index (χ3n) is 4.12. The highest BCUT2D eigenvalue weighted by Gasteiger charge is 2.15. The van der Waals surface area contributed by atoms with Crippen molar-refractivity contribution >= 4 is 0 Å². The van der Waals surface area contributed by atoms with Gasteiger partial charge in [-0.25, -0.2) is 4.79 Å². The molecule has 2 heterocycles. The molecule has 0 amide bonds. The standard InChI is InChI=1S/C14H23N3O2/c1-11-5-4-7-17(8-6-11)10-12-9-13(18)16(3)14(19)15(12)2/h9,11H,4-8,10H2,1-3H3. The Morgan fingerprint density at radius 2 is 1.89 bits per heavy atom. The van der Waals surface area contributed by atoms with Crippen LogP contribution in [0.25, 0.3) is 0 Å². The van der Waals surface area contributed by atoms with Crippen LogP contribution in [-0.2, 0) is 20.6 Å². The molecular formula is C14H23N3O2. The van der Waals surface area contributed by atoms with E-state index in [2.05, 4.69) is 11.8 Å². The van der Waals surface area contributed by atoms with Crippen molar-refractivity contribution in [3.8, 4) is 0 Å². The summed E-state index contributed by atoms with van der Waals surface area (Å²) in [6.07, 6.45) is 3.66. The molecule has 0 bridgehead atoms. The molecule has 1 aromatic rings. The average molecular weight is 265 g/mol. The molecule has 0 N–H and O–H groups in total. The number of likely N-dealkylation sites (tertiary alicyclic amines) is 1. The van der Waals surface area contributed by atoms with Crippen LogP contribution in [0.5, 0.6) is 0 Å². The average Bonchev–Trinajstić information content (AvgIpc) is 2.58. The van der Waals surface area contributed by atoms with Crippen LogP contribution in [0.4, 0.5) is 0 Å². The smallest absolute Gasteiger partial charge is 0.299 e. The lowest BCUT2D eigenvalue weighted by Gasteiger charge is -2.21. The van der Waals surface area contributed by atoms with Crippen LogP contribution in [0.15, 0.2) is 15.7 Å². The van der Waals surface area contributed by atoms with E-state index < -0.39 is 0 Å². The van der Waals surface area contributed by atoms with Gasteiger partial charge in [0.1, 0.15) is 0 Å². The van der Waals surface area contributed by atoms with Gasteiger partial charge in [-0.1, -0.05) is 6.92 Å². The molecule has 1 saturated heterocycles. The van der Waals surface area contributed by atoms with Gasteiger partial charge in [-0.15, -0.1) is 0 Å². The summed E-state index contributed by atoms with van der Waals surface area (Å²) >= 11 is 0. The summed E-state index contributed by atoms with van der Waals surface area (Å²) in [6.45, 7) is 5.07. The van der Waals surface area contributed by atoms with E-state index in [-0.39, 0.29) is 11.2 Å². The van der Waals surface area contributed by atoms with Crippen LogP contribution in [0.3, 0.4) is 0 Å². The summed E-state index contributed by atoms with van der Waals surface area (Å²) in [5.74, 6) is 0.775. The Balaban J connectivity index is 2.19. The first-order valence-corrected chi connectivity index (χ1v) is 6.97. The quantitative estimate of drug-likeness (QED) is 0.791. The Hall–Kier alpha value is -1.36. The minimum Gasteiger partial charge on any atom is -0.299 e. The molecule has 1 fully saturated rings. The van der Waals surface area contributed by atoms with Crippen molar-refractivity contribution in [2.75, 3.05) is 13.1 Å². The van der Waals surface area contributed by atoms with E-state index in [4.69, 9.17) is 0 Å². The van der Waals surface area contributed by atoms with Crippen molar-refractivity contribution in [1.82, 2.24) is 14.0 Å². The van der Waals surface area contributed by atoms with Crippen molar-refractivity contribution in [2.45, 2.75) is 32.7 Å². The number of rotatable bonds is 2. The molecule has 1 atom stereocenters. The normalized spacial score (nSPS) is 21.3. The molecule has 106 valence electrons. The summed E-state index contributed by atoms with van der Waals surface area (Å²) < 4.78 is 2.73. The third-order valence-corrected chi connectivity index (χ3v) is 4.12. The predicted molar refractivity (Wildman–Crippen MR) is 75.2 cm³/mol. The molecule has 0 saturated carbocycles. The SMILES string of the molecule is CC1CCCN(Cc2cc(=O)n(C)c(=O)n2C)CC1. The van der Waals surface area contributed by atoms with Crippen molar-refractivity contribution < 1.29 is 0 Å². The Morgan fingerprint density at radius 3 is 2.63 bits per heavy atom. The fraction of sp³-hybridized carbons (Fsp3) is 0.714. The van der Waals surface area contributed by atoms with Gasteiger partial charge in [0.2, 0.25) is 0 Å². The summed E-state index contributed by atoms with van der Waals surface area (Å²) in [4.78, 5) is 25.9. The van der Waals surface area contributed by atoms with E-state index in [0.29, 0.717) is 6.54 Å². The maximum Gasteiger partial charge on any atom is 0.330 e. The zero-order valence-electron chi connectivity index (χ0n) is 12.1. The second kappa shape index (κ2) is 5.74. The number of hydrogen-bond donors (Lipinski definition) is 0. The number of nitrogens with zero attached hydrogens (tertiary/aromatic N) is 3. The third kappa shape index (κ3) is 3.15. The zero-order chi connectivity index (χ0) is 14.0. The molecule has 19 heavy (non-hydrogen) atoms. The first-order chi connectivity index (χ1) is 8.99. The molecule has 0 aromatic carbocycles. The van der Waals surface area contributed by atoms with Crippen LogP contribution in [0.2, 0.25) is 0 Å². The molecule has 0 aliphatic carbocycles. The lowest BCUT2D eigenvalue weighted by atomic mass is 10.0. The van der Waals surface area contributed by atoms with E-state index in [1.54, 1.807) is 17.7 Å². The van der Waals surface area contributed by atoms with Gasteiger partial charge >= 0.3 is 5.69 Å². The van der Waals surface area contributed by atoms with Gasteiger partial charge in [-0.2, -0.15) is 0 Å². The highest BCUT2D eigenvalue weighted by molar-refractivity contribution is 5.02. The largest absolute Gasteiger partial charge is 0.330 e. The summed E-state index contributed by atoms with van der Waals surface area (Å²) in [6, 6.07) is 1.58. The maximum atomic E-state index is 11.9. The molecule has 2 rings (SSSR count). The van der Waals surface area contributed by atoms with E-state index in [1.165, 1.54) is 26.3 Å². The highest BCUT2D eigenvalue weighted by Crippen LogP contribution is 2.17. The van der Waals surface area contributed by atoms with Gasteiger partial charge in [-0.05, 0) is 38.3 Å². The van der Waals surface area contributed by atoms with E-state index in [1.807, 2.05) is 0 Å². The van der Waals surface area contributed by atoms with Crippen molar-refractivity contribution in [1.29, 1.82) is 0 Å². The molecule has 5 heteroatoms. The van der Waals surface area contributed by atoms with Gasteiger partial charge < -0.3 is 0 Å². The molecule has 5 nitrogen and oxygen atoms in total. The van der Waals surface area contributed by atoms with Gasteiger partial charge in [-0.3, -0.25) is 18.8 Å². The second-order valence-electron chi connectivity index (χ2n) is 5.69. The van der Waals surface area contributed by atoms with Crippen LogP contribution in [0.1, 0.15) is 31.9 Å². The molecule has 0 spiro atoms. The molecule has 1 unspecified atom stereocenters. The number of aromatic nitrogens is 2. The Morgan fingerprint density at radius 1 is 1.16 bits per heavy atom. The van der Waals surface area contributed by atoms with Gasteiger partial charge in [0.05, 0.1) is 0 Å². The minimum atomic E-state index is -0.245. The van der Waals surface area contributed by atoms with Crippen LogP contribution in [-0.4, -0.2) is 27.1 Å².